The van der Waals surface area contributed by atoms with E-state index in [2.05, 4.69) is 6.07 Å². The molecule has 0 amide bonds. The Balaban J connectivity index is 2.24. The van der Waals surface area contributed by atoms with Gasteiger partial charge in [-0.1, -0.05) is 17.7 Å². The molecule has 0 aromatic heterocycles. The van der Waals surface area contributed by atoms with Crippen molar-refractivity contribution in [3.05, 3.63) is 53.6 Å². The van der Waals surface area contributed by atoms with E-state index in [1.54, 1.807) is 30.3 Å². The van der Waals surface area contributed by atoms with E-state index in [-0.39, 0.29) is 4.90 Å². The van der Waals surface area contributed by atoms with Crippen molar-refractivity contribution in [1.82, 2.24) is 0 Å². The maximum Gasteiger partial charge on any atom is 0.175 e. The fourth-order valence-corrected chi connectivity index (χ4v) is 2.14. The van der Waals surface area contributed by atoms with Crippen LogP contribution in [0.25, 0.3) is 0 Å². The van der Waals surface area contributed by atoms with Crippen LogP contribution in [0.1, 0.15) is 0 Å². The summed E-state index contributed by atoms with van der Waals surface area (Å²) in [6.45, 7) is 0. The number of sulfone groups is 1. The molecule has 2 aromatic rings. The molecule has 0 unspecified atom stereocenters. The van der Waals surface area contributed by atoms with Crippen LogP contribution in [-0.2, 0) is 9.84 Å². The molecule has 0 N–H and O–H groups in total. The van der Waals surface area contributed by atoms with Gasteiger partial charge in [-0.05, 0) is 42.5 Å². The van der Waals surface area contributed by atoms with Crippen LogP contribution < -0.4 is 4.74 Å². The van der Waals surface area contributed by atoms with Crippen LogP contribution in [0.2, 0.25) is 5.02 Å². The fourth-order valence-electron chi connectivity index (χ4n) is 1.36. The summed E-state index contributed by atoms with van der Waals surface area (Å²) in [7, 11) is -3.19. The zero-order valence-corrected chi connectivity index (χ0v) is 11.1. The van der Waals surface area contributed by atoms with Gasteiger partial charge in [-0.2, -0.15) is 0 Å². The zero-order valence-electron chi connectivity index (χ0n) is 9.55. The molecule has 0 saturated heterocycles. The standard InChI is InChI=1S/C13H10ClO3S/c1-18(15,16)11-8-6-10(7-9-11)17-13-5-3-2-4-12(13)14/h2,4-9H,1H3. The molecule has 3 nitrogen and oxygen atoms in total. The molecule has 2 aromatic carbocycles. The number of hydrogen-bond acceptors (Lipinski definition) is 3. The predicted octanol–water partition coefficient (Wildman–Crippen LogP) is 3.34. The number of hydrogen-bond donors (Lipinski definition) is 0. The number of benzene rings is 2. The molecule has 0 saturated carbocycles. The predicted molar refractivity (Wildman–Crippen MR) is 69.9 cm³/mol. The second-order valence-corrected chi connectivity index (χ2v) is 6.13. The third-order valence-corrected chi connectivity index (χ3v) is 3.70. The Morgan fingerprint density at radius 2 is 1.83 bits per heavy atom. The van der Waals surface area contributed by atoms with Crippen molar-refractivity contribution < 1.29 is 13.2 Å². The smallest absolute Gasteiger partial charge is 0.175 e. The van der Waals surface area contributed by atoms with E-state index in [0.29, 0.717) is 16.5 Å². The molecule has 0 atom stereocenters. The van der Waals surface area contributed by atoms with E-state index in [4.69, 9.17) is 16.3 Å². The lowest BCUT2D eigenvalue weighted by atomic mass is 10.3. The van der Waals surface area contributed by atoms with Gasteiger partial charge in [0, 0.05) is 6.26 Å². The van der Waals surface area contributed by atoms with E-state index < -0.39 is 9.84 Å². The quantitative estimate of drug-likeness (QED) is 0.867. The summed E-state index contributed by atoms with van der Waals surface area (Å²) >= 11 is 5.94. The molecule has 0 aliphatic carbocycles. The molecular weight excluding hydrogens is 272 g/mol. The SMILES string of the molecule is CS(=O)(=O)c1ccc(Oc2c[c]ccc2Cl)cc1. The number of ether oxygens (including phenoxy) is 1. The van der Waals surface area contributed by atoms with Gasteiger partial charge in [0.2, 0.25) is 0 Å². The Hall–Kier alpha value is -1.52. The summed E-state index contributed by atoms with van der Waals surface area (Å²) in [4.78, 5) is 0.251. The highest BCUT2D eigenvalue weighted by Crippen LogP contribution is 2.28. The topological polar surface area (TPSA) is 43.4 Å². The van der Waals surface area contributed by atoms with Gasteiger partial charge in [-0.3, -0.25) is 0 Å². The maximum absolute atomic E-state index is 11.3. The maximum atomic E-state index is 11.3. The third-order valence-electron chi connectivity index (χ3n) is 2.26. The van der Waals surface area contributed by atoms with E-state index >= 15 is 0 Å². The largest absolute Gasteiger partial charge is 0.456 e. The van der Waals surface area contributed by atoms with Gasteiger partial charge in [0.05, 0.1) is 9.92 Å². The molecule has 0 aliphatic rings. The summed E-state index contributed by atoms with van der Waals surface area (Å²) in [5.74, 6) is 0.996. The minimum Gasteiger partial charge on any atom is -0.456 e. The van der Waals surface area contributed by atoms with Crippen molar-refractivity contribution >= 4 is 21.4 Å². The number of halogens is 1. The third kappa shape index (κ3) is 3.03. The Morgan fingerprint density at radius 3 is 2.39 bits per heavy atom. The lowest BCUT2D eigenvalue weighted by Crippen LogP contribution is -1.96. The monoisotopic (exact) mass is 281 g/mol. The Kier molecular flexibility index (Phi) is 3.59. The first kappa shape index (κ1) is 12.9. The highest BCUT2D eigenvalue weighted by atomic mass is 35.5. The highest BCUT2D eigenvalue weighted by molar-refractivity contribution is 7.90. The molecule has 0 aliphatic heterocycles. The molecule has 18 heavy (non-hydrogen) atoms. The van der Waals surface area contributed by atoms with Gasteiger partial charge in [-0.25, -0.2) is 8.42 Å². The van der Waals surface area contributed by atoms with Crippen molar-refractivity contribution in [2.75, 3.05) is 6.26 Å². The van der Waals surface area contributed by atoms with E-state index in [1.165, 1.54) is 12.1 Å². The normalized spacial score (nSPS) is 11.2. The van der Waals surface area contributed by atoms with Crippen LogP contribution in [0.4, 0.5) is 0 Å². The average molecular weight is 282 g/mol. The molecule has 0 spiro atoms. The Bertz CT molecular complexity index is 648. The molecular formula is C13H10ClO3S. The van der Waals surface area contributed by atoms with Crippen molar-refractivity contribution in [1.29, 1.82) is 0 Å². The van der Waals surface area contributed by atoms with Crippen LogP contribution in [-0.4, -0.2) is 14.7 Å². The molecule has 0 heterocycles. The van der Waals surface area contributed by atoms with Gasteiger partial charge in [0.25, 0.3) is 0 Å². The zero-order chi connectivity index (χ0) is 13.2. The molecule has 2 rings (SSSR count). The Morgan fingerprint density at radius 1 is 1.17 bits per heavy atom. The van der Waals surface area contributed by atoms with Crippen LogP contribution in [0.5, 0.6) is 11.5 Å². The second-order valence-electron chi connectivity index (χ2n) is 3.70. The van der Waals surface area contributed by atoms with Gasteiger partial charge < -0.3 is 4.74 Å². The first-order valence-corrected chi connectivity index (χ1v) is 7.37. The molecule has 93 valence electrons. The minimum absolute atomic E-state index is 0.251. The summed E-state index contributed by atoms with van der Waals surface area (Å²) in [6, 6.07) is 14.0. The van der Waals surface area contributed by atoms with Crippen LogP contribution >= 0.6 is 11.6 Å². The highest BCUT2D eigenvalue weighted by Gasteiger charge is 2.07. The van der Waals surface area contributed by atoms with Crippen molar-refractivity contribution in [2.45, 2.75) is 4.90 Å². The van der Waals surface area contributed by atoms with Gasteiger partial charge in [0.1, 0.15) is 11.5 Å². The van der Waals surface area contributed by atoms with Gasteiger partial charge in [-0.15, -0.1) is 0 Å². The fraction of sp³-hybridized carbons (Fsp3) is 0.0769. The van der Waals surface area contributed by atoms with Crippen molar-refractivity contribution in [2.24, 2.45) is 0 Å². The van der Waals surface area contributed by atoms with Crippen molar-refractivity contribution in [3.8, 4) is 11.5 Å². The van der Waals surface area contributed by atoms with E-state index in [0.717, 1.165) is 6.26 Å². The van der Waals surface area contributed by atoms with Crippen LogP contribution in [0.3, 0.4) is 0 Å². The Labute approximate surface area is 111 Å². The summed E-state index contributed by atoms with van der Waals surface area (Å²) in [6.07, 6.45) is 1.16. The van der Waals surface area contributed by atoms with E-state index in [1.807, 2.05) is 0 Å². The number of rotatable bonds is 3. The van der Waals surface area contributed by atoms with Gasteiger partial charge >= 0.3 is 0 Å². The summed E-state index contributed by atoms with van der Waals surface area (Å²) in [5.41, 5.74) is 0. The molecule has 0 bridgehead atoms. The minimum atomic E-state index is -3.19. The second kappa shape index (κ2) is 5.00. The van der Waals surface area contributed by atoms with Crippen LogP contribution in [0, 0.1) is 6.07 Å². The molecule has 0 fully saturated rings. The first-order chi connectivity index (χ1) is 8.47. The van der Waals surface area contributed by atoms with Gasteiger partial charge in [0.15, 0.2) is 9.84 Å². The van der Waals surface area contributed by atoms with E-state index in [9.17, 15) is 8.42 Å². The molecule has 5 heteroatoms. The average Bonchev–Trinajstić information content (AvgIpc) is 2.32. The lowest BCUT2D eigenvalue weighted by Gasteiger charge is -2.07. The van der Waals surface area contributed by atoms with Crippen LogP contribution in [0.15, 0.2) is 47.4 Å². The van der Waals surface area contributed by atoms with Crippen molar-refractivity contribution in [3.63, 3.8) is 0 Å². The summed E-state index contributed by atoms with van der Waals surface area (Å²) < 4.78 is 28.1. The summed E-state index contributed by atoms with van der Waals surface area (Å²) in [5, 5.41) is 0.473. The first-order valence-electron chi connectivity index (χ1n) is 5.10. The molecule has 1 radical (unpaired) electrons. The lowest BCUT2D eigenvalue weighted by molar-refractivity contribution is 0.482.